The average Bonchev–Trinajstić information content (AvgIpc) is 3.15. The number of hydrogen-bond acceptors (Lipinski definition) is 6. The van der Waals surface area contributed by atoms with E-state index in [9.17, 15) is 4.39 Å². The molecule has 2 N–H and O–H groups in total. The number of imidazole rings is 1. The second-order valence-corrected chi connectivity index (χ2v) is 6.65. The van der Waals surface area contributed by atoms with Crippen molar-refractivity contribution in [1.82, 2.24) is 24.5 Å². The van der Waals surface area contributed by atoms with E-state index in [0.29, 0.717) is 17.5 Å². The quantitative estimate of drug-likeness (QED) is 0.508. The molecular formula is C21H20FN7. The summed E-state index contributed by atoms with van der Waals surface area (Å²) in [6, 6.07) is 10.2. The summed E-state index contributed by atoms with van der Waals surface area (Å²) in [6.07, 6.45) is 8.55. The van der Waals surface area contributed by atoms with Crippen molar-refractivity contribution in [2.24, 2.45) is 0 Å². The molecule has 7 nitrogen and oxygen atoms in total. The number of pyridine rings is 1. The standard InChI is InChI=1S/C21H20FN7/c1-14-12-29(13-25-14)18-9-19(26-15(2)16-3-5-17(22)6-4-16)27-20(10-18)28-21-11-23-7-8-24-21/h3-13,15H,1-2H3,(H2,24,26,27,28)/t15-/m0/s1. The molecular weight excluding hydrogens is 369 g/mol. The number of nitrogens with zero attached hydrogens (tertiary/aromatic N) is 5. The predicted molar refractivity (Wildman–Crippen MR) is 110 cm³/mol. The molecule has 146 valence electrons. The van der Waals surface area contributed by atoms with Crippen LogP contribution in [-0.4, -0.2) is 24.5 Å². The first kappa shape index (κ1) is 18.5. The topological polar surface area (TPSA) is 80.5 Å². The number of halogens is 1. The molecule has 0 bridgehead atoms. The third-order valence-electron chi connectivity index (χ3n) is 4.37. The van der Waals surface area contributed by atoms with Crippen LogP contribution < -0.4 is 10.6 Å². The number of rotatable bonds is 6. The maximum absolute atomic E-state index is 13.2. The third-order valence-corrected chi connectivity index (χ3v) is 4.37. The minimum absolute atomic E-state index is 0.0627. The van der Waals surface area contributed by atoms with Crippen molar-refractivity contribution >= 4 is 17.5 Å². The lowest BCUT2D eigenvalue weighted by Crippen LogP contribution is -2.10. The Morgan fingerprint density at radius 2 is 1.79 bits per heavy atom. The van der Waals surface area contributed by atoms with Crippen LogP contribution in [0.25, 0.3) is 5.69 Å². The van der Waals surface area contributed by atoms with Gasteiger partial charge in [0.2, 0.25) is 0 Å². The van der Waals surface area contributed by atoms with Gasteiger partial charge in [-0.1, -0.05) is 12.1 Å². The van der Waals surface area contributed by atoms with Gasteiger partial charge in [0.05, 0.1) is 23.9 Å². The molecule has 29 heavy (non-hydrogen) atoms. The number of aryl methyl sites for hydroxylation is 1. The maximum atomic E-state index is 13.2. The molecule has 0 aliphatic rings. The van der Waals surface area contributed by atoms with Gasteiger partial charge in [-0.25, -0.2) is 19.3 Å². The van der Waals surface area contributed by atoms with Crippen LogP contribution in [0.15, 0.2) is 67.5 Å². The molecule has 0 saturated heterocycles. The normalized spacial score (nSPS) is 11.8. The number of aromatic nitrogens is 5. The van der Waals surface area contributed by atoms with Crippen LogP contribution in [0.4, 0.5) is 21.8 Å². The zero-order valence-electron chi connectivity index (χ0n) is 16.0. The molecule has 0 fully saturated rings. The Morgan fingerprint density at radius 1 is 1.00 bits per heavy atom. The molecule has 0 amide bonds. The fourth-order valence-electron chi connectivity index (χ4n) is 2.92. The van der Waals surface area contributed by atoms with Gasteiger partial charge in [0.25, 0.3) is 0 Å². The average molecular weight is 389 g/mol. The van der Waals surface area contributed by atoms with Crippen LogP contribution in [0.1, 0.15) is 24.2 Å². The van der Waals surface area contributed by atoms with Crippen molar-refractivity contribution in [3.63, 3.8) is 0 Å². The lowest BCUT2D eigenvalue weighted by molar-refractivity contribution is 0.626. The predicted octanol–water partition coefficient (Wildman–Crippen LogP) is 4.42. The van der Waals surface area contributed by atoms with Gasteiger partial charge in [-0.2, -0.15) is 0 Å². The summed E-state index contributed by atoms with van der Waals surface area (Å²) in [7, 11) is 0. The van der Waals surface area contributed by atoms with Crippen molar-refractivity contribution < 1.29 is 4.39 Å². The summed E-state index contributed by atoms with van der Waals surface area (Å²) in [5.74, 6) is 1.61. The summed E-state index contributed by atoms with van der Waals surface area (Å²) < 4.78 is 15.1. The van der Waals surface area contributed by atoms with Gasteiger partial charge < -0.3 is 15.2 Å². The highest BCUT2D eigenvalue weighted by Gasteiger charge is 2.10. The fourth-order valence-corrected chi connectivity index (χ4v) is 2.92. The van der Waals surface area contributed by atoms with E-state index >= 15 is 0 Å². The Kier molecular flexibility index (Phi) is 5.15. The zero-order chi connectivity index (χ0) is 20.2. The lowest BCUT2D eigenvalue weighted by atomic mass is 10.1. The van der Waals surface area contributed by atoms with Gasteiger partial charge in [0.15, 0.2) is 0 Å². The Morgan fingerprint density at radius 3 is 2.48 bits per heavy atom. The first-order valence-corrected chi connectivity index (χ1v) is 9.15. The SMILES string of the molecule is Cc1cn(-c2cc(Nc3cnccn3)nc(N[C@@H](C)c3ccc(F)cc3)c2)cn1. The summed E-state index contributed by atoms with van der Waals surface area (Å²) in [5, 5.41) is 6.55. The Bertz CT molecular complexity index is 1090. The van der Waals surface area contributed by atoms with Crippen molar-refractivity contribution in [1.29, 1.82) is 0 Å². The molecule has 3 heterocycles. The van der Waals surface area contributed by atoms with E-state index in [0.717, 1.165) is 16.9 Å². The van der Waals surface area contributed by atoms with Gasteiger partial charge >= 0.3 is 0 Å². The molecule has 1 atom stereocenters. The minimum atomic E-state index is -0.257. The second kappa shape index (κ2) is 8.05. The van der Waals surface area contributed by atoms with E-state index in [2.05, 4.69) is 30.6 Å². The molecule has 8 heteroatoms. The number of anilines is 3. The van der Waals surface area contributed by atoms with Gasteiger partial charge in [0, 0.05) is 36.8 Å². The fraction of sp³-hybridized carbons (Fsp3) is 0.143. The zero-order valence-corrected chi connectivity index (χ0v) is 16.0. The first-order valence-electron chi connectivity index (χ1n) is 9.15. The second-order valence-electron chi connectivity index (χ2n) is 6.65. The van der Waals surface area contributed by atoms with Gasteiger partial charge in [-0.3, -0.25) is 4.98 Å². The largest absolute Gasteiger partial charge is 0.363 e. The Hall–Kier alpha value is -3.81. The molecule has 3 aromatic heterocycles. The van der Waals surface area contributed by atoms with Crippen LogP contribution in [-0.2, 0) is 0 Å². The minimum Gasteiger partial charge on any atom is -0.363 e. The van der Waals surface area contributed by atoms with Gasteiger partial charge in [0.1, 0.15) is 23.3 Å². The van der Waals surface area contributed by atoms with Crippen LogP contribution in [0.5, 0.6) is 0 Å². The van der Waals surface area contributed by atoms with Crippen molar-refractivity contribution in [3.05, 3.63) is 84.6 Å². The molecule has 0 unspecified atom stereocenters. The van der Waals surface area contributed by atoms with Gasteiger partial charge in [-0.15, -0.1) is 0 Å². The summed E-state index contributed by atoms with van der Waals surface area (Å²) in [6.45, 7) is 3.94. The van der Waals surface area contributed by atoms with E-state index in [1.54, 1.807) is 37.1 Å². The Balaban J connectivity index is 1.66. The summed E-state index contributed by atoms with van der Waals surface area (Å²) in [5.41, 5.74) is 2.76. The van der Waals surface area contributed by atoms with Crippen LogP contribution in [0.3, 0.4) is 0 Å². The Labute approximate surface area is 167 Å². The van der Waals surface area contributed by atoms with Crippen LogP contribution >= 0.6 is 0 Å². The molecule has 1 aromatic carbocycles. The summed E-state index contributed by atoms with van der Waals surface area (Å²) >= 11 is 0. The lowest BCUT2D eigenvalue weighted by Gasteiger charge is -2.17. The third kappa shape index (κ3) is 4.55. The smallest absolute Gasteiger partial charge is 0.150 e. The van der Waals surface area contributed by atoms with E-state index in [1.165, 1.54) is 12.1 Å². The van der Waals surface area contributed by atoms with E-state index < -0.39 is 0 Å². The molecule has 0 spiro atoms. The van der Waals surface area contributed by atoms with Crippen molar-refractivity contribution in [2.75, 3.05) is 10.6 Å². The first-order chi connectivity index (χ1) is 14.1. The van der Waals surface area contributed by atoms with Crippen LogP contribution in [0, 0.1) is 12.7 Å². The highest BCUT2D eigenvalue weighted by Crippen LogP contribution is 2.24. The highest BCUT2D eigenvalue weighted by molar-refractivity contribution is 5.60. The molecule has 4 rings (SSSR count). The maximum Gasteiger partial charge on any atom is 0.150 e. The van der Waals surface area contributed by atoms with Crippen molar-refractivity contribution in [3.8, 4) is 5.69 Å². The highest BCUT2D eigenvalue weighted by atomic mass is 19.1. The molecule has 4 aromatic rings. The number of nitrogens with one attached hydrogen (secondary N) is 2. The molecule has 0 radical (unpaired) electrons. The van der Waals surface area contributed by atoms with Crippen LogP contribution in [0.2, 0.25) is 0 Å². The molecule has 0 aliphatic heterocycles. The monoisotopic (exact) mass is 389 g/mol. The van der Waals surface area contributed by atoms with E-state index in [4.69, 9.17) is 0 Å². The summed E-state index contributed by atoms with van der Waals surface area (Å²) in [4.78, 5) is 17.2. The van der Waals surface area contributed by atoms with E-state index in [1.807, 2.05) is 36.7 Å². The van der Waals surface area contributed by atoms with E-state index in [-0.39, 0.29) is 11.9 Å². The molecule has 0 saturated carbocycles. The molecule has 0 aliphatic carbocycles. The number of benzene rings is 1. The van der Waals surface area contributed by atoms with Crippen molar-refractivity contribution in [2.45, 2.75) is 19.9 Å². The number of hydrogen-bond donors (Lipinski definition) is 2. The van der Waals surface area contributed by atoms with Gasteiger partial charge in [-0.05, 0) is 31.5 Å².